The van der Waals surface area contributed by atoms with Crippen molar-refractivity contribution in [2.75, 3.05) is 39.8 Å². The predicted molar refractivity (Wildman–Crippen MR) is 66.7 cm³/mol. The maximum Gasteiger partial charge on any atom is 0.0204 e. The quantitative estimate of drug-likeness (QED) is 0.752. The van der Waals surface area contributed by atoms with E-state index in [1.54, 1.807) is 0 Å². The maximum atomic E-state index is 3.49. The molecule has 0 amide bonds. The van der Waals surface area contributed by atoms with Gasteiger partial charge in [-0.1, -0.05) is 0 Å². The molecule has 2 aliphatic heterocycles. The van der Waals surface area contributed by atoms with Gasteiger partial charge in [0, 0.05) is 19.1 Å². The van der Waals surface area contributed by atoms with Gasteiger partial charge in [0.1, 0.15) is 0 Å². The van der Waals surface area contributed by atoms with E-state index in [0.29, 0.717) is 0 Å². The third-order valence-corrected chi connectivity index (χ3v) is 3.60. The first-order valence-corrected chi connectivity index (χ1v) is 5.99. The van der Waals surface area contributed by atoms with E-state index in [2.05, 4.69) is 22.6 Å². The highest BCUT2D eigenvalue weighted by Gasteiger charge is 2.23. The minimum absolute atomic E-state index is 0. The topological polar surface area (TPSA) is 27.3 Å². The predicted octanol–water partition coefficient (Wildman–Crippen LogP) is 0.701. The fourth-order valence-electron chi connectivity index (χ4n) is 2.68. The zero-order valence-corrected chi connectivity index (χ0v) is 10.5. The molecule has 15 heavy (non-hydrogen) atoms. The molecule has 0 aromatic carbocycles. The average Bonchev–Trinajstić information content (AvgIpc) is 2.67. The van der Waals surface area contributed by atoms with Crippen molar-refractivity contribution in [1.82, 2.24) is 15.5 Å². The van der Waals surface area contributed by atoms with Crippen molar-refractivity contribution in [2.24, 2.45) is 5.92 Å². The molecule has 2 N–H and O–H groups in total. The second-order valence-electron chi connectivity index (χ2n) is 4.75. The monoisotopic (exact) mass is 233 g/mol. The summed E-state index contributed by atoms with van der Waals surface area (Å²) in [5.74, 6) is 0.902. The number of hydrogen-bond acceptors (Lipinski definition) is 3. The molecule has 3 nitrogen and oxygen atoms in total. The molecule has 0 bridgehead atoms. The summed E-state index contributed by atoms with van der Waals surface area (Å²) in [6, 6.07) is 0.742. The fraction of sp³-hybridized carbons (Fsp3) is 1.00. The number of halogens is 1. The molecule has 0 aromatic rings. The Morgan fingerprint density at radius 1 is 1.40 bits per heavy atom. The van der Waals surface area contributed by atoms with Crippen LogP contribution in [0.3, 0.4) is 0 Å². The van der Waals surface area contributed by atoms with E-state index in [0.717, 1.165) is 12.0 Å². The van der Waals surface area contributed by atoms with Crippen molar-refractivity contribution in [3.05, 3.63) is 0 Å². The molecule has 0 aromatic heterocycles. The van der Waals surface area contributed by atoms with Gasteiger partial charge in [-0.2, -0.15) is 0 Å². The first kappa shape index (κ1) is 13.2. The van der Waals surface area contributed by atoms with Crippen LogP contribution in [-0.2, 0) is 0 Å². The van der Waals surface area contributed by atoms with Crippen LogP contribution in [0, 0.1) is 5.92 Å². The minimum atomic E-state index is 0. The third-order valence-electron chi connectivity index (χ3n) is 3.60. The van der Waals surface area contributed by atoms with Crippen molar-refractivity contribution in [1.29, 1.82) is 0 Å². The summed E-state index contributed by atoms with van der Waals surface area (Å²) in [4.78, 5) is 2.62. The van der Waals surface area contributed by atoms with Gasteiger partial charge in [-0.15, -0.1) is 12.4 Å². The van der Waals surface area contributed by atoms with E-state index >= 15 is 0 Å². The van der Waals surface area contributed by atoms with Crippen LogP contribution < -0.4 is 10.6 Å². The molecule has 4 heteroatoms. The largest absolute Gasteiger partial charge is 0.316 e. The van der Waals surface area contributed by atoms with E-state index < -0.39 is 0 Å². The number of nitrogens with zero attached hydrogens (tertiary/aromatic N) is 1. The Hall–Kier alpha value is 0.170. The summed E-state index contributed by atoms with van der Waals surface area (Å²) in [6.45, 7) is 6.33. The molecule has 2 unspecified atom stereocenters. The van der Waals surface area contributed by atoms with Crippen LogP contribution in [0.1, 0.15) is 19.3 Å². The molecule has 2 aliphatic rings. The summed E-state index contributed by atoms with van der Waals surface area (Å²) in [5, 5.41) is 6.87. The first-order chi connectivity index (χ1) is 6.88. The maximum absolute atomic E-state index is 3.49. The second kappa shape index (κ2) is 6.69. The summed E-state index contributed by atoms with van der Waals surface area (Å²) in [7, 11) is 2.08. The molecule has 90 valence electrons. The molecule has 2 saturated heterocycles. The Bertz CT molecular complexity index is 171. The van der Waals surface area contributed by atoms with Crippen LogP contribution in [-0.4, -0.2) is 50.7 Å². The van der Waals surface area contributed by atoms with Crippen molar-refractivity contribution in [2.45, 2.75) is 25.3 Å². The molecule has 2 fully saturated rings. The van der Waals surface area contributed by atoms with Crippen LogP contribution in [0.25, 0.3) is 0 Å². The molecule has 2 atom stereocenters. The van der Waals surface area contributed by atoms with Crippen LogP contribution in [0.2, 0.25) is 0 Å². The fourth-order valence-corrected chi connectivity index (χ4v) is 2.68. The standard InChI is InChI=1S/C11H23N3.ClH/c1-12-11-4-6-14(9-11)8-10-3-2-5-13-7-10;/h10-13H,2-9H2,1H3;1H. The van der Waals surface area contributed by atoms with E-state index in [-0.39, 0.29) is 12.4 Å². The normalized spacial score (nSPS) is 32.6. The van der Waals surface area contributed by atoms with Crippen molar-refractivity contribution in [3.8, 4) is 0 Å². The van der Waals surface area contributed by atoms with Gasteiger partial charge in [-0.3, -0.25) is 0 Å². The molecule has 0 spiro atoms. The van der Waals surface area contributed by atoms with E-state index in [4.69, 9.17) is 0 Å². The Balaban J connectivity index is 0.00000112. The first-order valence-electron chi connectivity index (χ1n) is 5.99. The van der Waals surface area contributed by atoms with Gasteiger partial charge in [-0.25, -0.2) is 0 Å². The lowest BCUT2D eigenvalue weighted by Crippen LogP contribution is -2.38. The number of hydrogen-bond donors (Lipinski definition) is 2. The van der Waals surface area contributed by atoms with Gasteiger partial charge in [0.25, 0.3) is 0 Å². The Kier molecular flexibility index (Phi) is 5.90. The van der Waals surface area contributed by atoms with Gasteiger partial charge >= 0.3 is 0 Å². The van der Waals surface area contributed by atoms with Crippen LogP contribution >= 0.6 is 12.4 Å². The van der Waals surface area contributed by atoms with E-state index in [9.17, 15) is 0 Å². The summed E-state index contributed by atoms with van der Waals surface area (Å²) >= 11 is 0. The van der Waals surface area contributed by atoms with E-state index in [1.165, 1.54) is 52.0 Å². The van der Waals surface area contributed by atoms with Crippen LogP contribution in [0.5, 0.6) is 0 Å². The van der Waals surface area contributed by atoms with Gasteiger partial charge in [0.15, 0.2) is 0 Å². The summed E-state index contributed by atoms with van der Waals surface area (Å²) in [6.07, 6.45) is 4.12. The average molecular weight is 234 g/mol. The SMILES string of the molecule is CNC1CCN(CC2CCCNC2)C1.Cl. The lowest BCUT2D eigenvalue weighted by atomic mass is 9.99. The minimum Gasteiger partial charge on any atom is -0.316 e. The summed E-state index contributed by atoms with van der Waals surface area (Å²) < 4.78 is 0. The van der Waals surface area contributed by atoms with Gasteiger partial charge < -0.3 is 15.5 Å². The van der Waals surface area contributed by atoms with Gasteiger partial charge in [-0.05, 0) is 51.9 Å². The van der Waals surface area contributed by atoms with Gasteiger partial charge in [0.2, 0.25) is 0 Å². The number of nitrogens with one attached hydrogen (secondary N) is 2. The molecule has 2 rings (SSSR count). The highest BCUT2D eigenvalue weighted by molar-refractivity contribution is 5.85. The van der Waals surface area contributed by atoms with Gasteiger partial charge in [0.05, 0.1) is 0 Å². The van der Waals surface area contributed by atoms with Crippen molar-refractivity contribution < 1.29 is 0 Å². The van der Waals surface area contributed by atoms with Crippen LogP contribution in [0.4, 0.5) is 0 Å². The number of likely N-dealkylation sites (tertiary alicyclic amines) is 1. The summed E-state index contributed by atoms with van der Waals surface area (Å²) in [5.41, 5.74) is 0. The third kappa shape index (κ3) is 3.91. The number of likely N-dealkylation sites (N-methyl/N-ethyl adjacent to an activating group) is 1. The molecular weight excluding hydrogens is 210 g/mol. The highest BCUT2D eigenvalue weighted by Crippen LogP contribution is 2.15. The molecule has 0 radical (unpaired) electrons. The van der Waals surface area contributed by atoms with E-state index in [1.807, 2.05) is 0 Å². The Morgan fingerprint density at radius 3 is 2.87 bits per heavy atom. The lowest BCUT2D eigenvalue weighted by Gasteiger charge is -2.27. The zero-order chi connectivity index (χ0) is 9.80. The molecule has 2 heterocycles. The lowest BCUT2D eigenvalue weighted by molar-refractivity contribution is 0.240. The number of rotatable bonds is 3. The smallest absolute Gasteiger partial charge is 0.0204 e. The Labute approximate surface area is 99.4 Å². The van der Waals surface area contributed by atoms with Crippen molar-refractivity contribution in [3.63, 3.8) is 0 Å². The Morgan fingerprint density at radius 2 is 2.27 bits per heavy atom. The highest BCUT2D eigenvalue weighted by atomic mass is 35.5. The number of piperidine rings is 1. The molecular formula is C11H24ClN3. The van der Waals surface area contributed by atoms with Crippen molar-refractivity contribution >= 4 is 12.4 Å². The van der Waals surface area contributed by atoms with Crippen LogP contribution in [0.15, 0.2) is 0 Å². The zero-order valence-electron chi connectivity index (χ0n) is 9.67. The molecule has 0 aliphatic carbocycles. The molecule has 0 saturated carbocycles. The second-order valence-corrected chi connectivity index (χ2v) is 4.75.